The van der Waals surface area contributed by atoms with Crippen molar-refractivity contribution in [3.05, 3.63) is 10.6 Å². The van der Waals surface area contributed by atoms with Gasteiger partial charge in [0.2, 0.25) is 0 Å². The summed E-state index contributed by atoms with van der Waals surface area (Å²) in [5.74, 6) is 2.38. The van der Waals surface area contributed by atoms with Crippen LogP contribution in [-0.4, -0.2) is 20.5 Å². The molecule has 2 heterocycles. The van der Waals surface area contributed by atoms with Crippen LogP contribution < -0.4 is 0 Å². The van der Waals surface area contributed by atoms with Crippen molar-refractivity contribution in [1.82, 2.24) is 14.8 Å². The molecule has 1 aliphatic heterocycles. The Morgan fingerprint density at radius 2 is 2.43 bits per heavy atom. The van der Waals surface area contributed by atoms with E-state index in [1.54, 1.807) is 0 Å². The number of aromatic amines is 1. The lowest BCUT2D eigenvalue weighted by atomic mass is 10.2. The van der Waals surface area contributed by atoms with Gasteiger partial charge in [-0.2, -0.15) is 16.9 Å². The van der Waals surface area contributed by atoms with Gasteiger partial charge in [0.1, 0.15) is 5.82 Å². The van der Waals surface area contributed by atoms with Crippen molar-refractivity contribution in [2.24, 2.45) is 0 Å². The zero-order chi connectivity index (χ0) is 10.1. The quantitative estimate of drug-likeness (QED) is 0.791. The van der Waals surface area contributed by atoms with E-state index in [4.69, 9.17) is 12.2 Å². The summed E-state index contributed by atoms with van der Waals surface area (Å²) in [6.45, 7) is 4.29. The molecule has 14 heavy (non-hydrogen) atoms. The number of H-pyrrole nitrogens is 1. The number of nitrogens with one attached hydrogen (secondary N) is 1. The minimum Gasteiger partial charge on any atom is -0.301 e. The molecule has 0 radical (unpaired) electrons. The molecule has 2 rings (SSSR count). The molecule has 0 aliphatic carbocycles. The summed E-state index contributed by atoms with van der Waals surface area (Å²) < 4.78 is 2.89. The Morgan fingerprint density at radius 3 is 3.00 bits per heavy atom. The van der Waals surface area contributed by atoms with E-state index in [0.29, 0.717) is 11.3 Å². The molecule has 0 aromatic carbocycles. The summed E-state index contributed by atoms with van der Waals surface area (Å²) in [6, 6.07) is 0.400. The highest BCUT2D eigenvalue weighted by molar-refractivity contribution is 7.99. The van der Waals surface area contributed by atoms with Crippen LogP contribution in [0.1, 0.15) is 43.8 Å². The van der Waals surface area contributed by atoms with Crippen molar-refractivity contribution < 1.29 is 0 Å². The molecule has 0 amide bonds. The first kappa shape index (κ1) is 10.2. The highest BCUT2D eigenvalue weighted by Crippen LogP contribution is 2.39. The van der Waals surface area contributed by atoms with E-state index in [0.717, 1.165) is 10.6 Å². The molecule has 78 valence electrons. The van der Waals surface area contributed by atoms with Gasteiger partial charge in [-0.3, -0.25) is 5.10 Å². The minimum absolute atomic E-state index is 0.400. The SMILES string of the molecule is CC(C)n1c(C2CCCS2)n[nH]c1=S. The van der Waals surface area contributed by atoms with Crippen LogP contribution in [0.5, 0.6) is 0 Å². The molecule has 0 bridgehead atoms. The molecule has 1 unspecified atom stereocenters. The van der Waals surface area contributed by atoms with Gasteiger partial charge in [-0.15, -0.1) is 0 Å². The van der Waals surface area contributed by atoms with Crippen LogP contribution in [0.25, 0.3) is 0 Å². The molecule has 0 saturated carbocycles. The fraction of sp³-hybridized carbons (Fsp3) is 0.778. The van der Waals surface area contributed by atoms with Crippen molar-refractivity contribution in [2.45, 2.75) is 38.0 Å². The Balaban J connectivity index is 2.37. The maximum Gasteiger partial charge on any atom is 0.195 e. The Kier molecular flexibility index (Phi) is 2.97. The van der Waals surface area contributed by atoms with Gasteiger partial charge >= 0.3 is 0 Å². The van der Waals surface area contributed by atoms with Crippen molar-refractivity contribution in [3.8, 4) is 0 Å². The average molecular weight is 229 g/mol. The number of rotatable bonds is 2. The molecular formula is C9H15N3S2. The van der Waals surface area contributed by atoms with Crippen molar-refractivity contribution in [3.63, 3.8) is 0 Å². The molecule has 1 aromatic heterocycles. The van der Waals surface area contributed by atoms with E-state index in [-0.39, 0.29) is 0 Å². The van der Waals surface area contributed by atoms with Gasteiger partial charge in [0.25, 0.3) is 0 Å². The lowest BCUT2D eigenvalue weighted by Gasteiger charge is -2.13. The largest absolute Gasteiger partial charge is 0.301 e. The van der Waals surface area contributed by atoms with Gasteiger partial charge in [0.15, 0.2) is 4.77 Å². The van der Waals surface area contributed by atoms with Crippen LogP contribution in [0, 0.1) is 4.77 Å². The molecule has 0 spiro atoms. The molecule has 1 N–H and O–H groups in total. The van der Waals surface area contributed by atoms with Gasteiger partial charge in [0, 0.05) is 6.04 Å². The van der Waals surface area contributed by atoms with E-state index >= 15 is 0 Å². The summed E-state index contributed by atoms with van der Waals surface area (Å²) in [7, 11) is 0. The summed E-state index contributed by atoms with van der Waals surface area (Å²) in [4.78, 5) is 0. The zero-order valence-corrected chi connectivity index (χ0v) is 10.1. The van der Waals surface area contributed by atoms with Gasteiger partial charge in [-0.1, -0.05) is 0 Å². The highest BCUT2D eigenvalue weighted by Gasteiger charge is 2.23. The van der Waals surface area contributed by atoms with Crippen LogP contribution in [-0.2, 0) is 0 Å². The average Bonchev–Trinajstić information content (AvgIpc) is 2.70. The van der Waals surface area contributed by atoms with Crippen LogP contribution in [0.15, 0.2) is 0 Å². The standard InChI is InChI=1S/C9H15N3S2/c1-6(2)12-8(10-11-9(12)13)7-4-3-5-14-7/h6-7H,3-5H2,1-2H3,(H,11,13). The predicted octanol–water partition coefficient (Wildman–Crippen LogP) is 3.09. The molecule has 5 heteroatoms. The van der Waals surface area contributed by atoms with Gasteiger partial charge < -0.3 is 4.57 Å². The summed E-state index contributed by atoms with van der Waals surface area (Å²) in [5, 5.41) is 7.79. The second-order valence-corrected chi connectivity index (χ2v) is 5.55. The Bertz CT molecular complexity index is 360. The van der Waals surface area contributed by atoms with Crippen molar-refractivity contribution in [2.75, 3.05) is 5.75 Å². The first-order valence-corrected chi connectivity index (χ1v) is 6.44. The van der Waals surface area contributed by atoms with Crippen LogP contribution >= 0.6 is 24.0 Å². The monoisotopic (exact) mass is 229 g/mol. The molecule has 1 aromatic rings. The normalized spacial score (nSPS) is 22.1. The first-order chi connectivity index (χ1) is 6.70. The summed E-state index contributed by atoms with van der Waals surface area (Å²) in [5.41, 5.74) is 0. The van der Waals surface area contributed by atoms with Crippen LogP contribution in [0.4, 0.5) is 0 Å². The molecule has 1 fully saturated rings. The third-order valence-corrected chi connectivity index (χ3v) is 4.13. The maximum atomic E-state index is 5.22. The Labute approximate surface area is 93.3 Å². The fourth-order valence-corrected chi connectivity index (χ4v) is 3.44. The maximum absolute atomic E-state index is 5.22. The summed E-state index contributed by atoms with van der Waals surface area (Å²) >= 11 is 7.21. The molecule has 1 aliphatic rings. The number of hydrogen-bond acceptors (Lipinski definition) is 3. The van der Waals surface area contributed by atoms with E-state index in [9.17, 15) is 0 Å². The van der Waals surface area contributed by atoms with Gasteiger partial charge in [0.05, 0.1) is 5.25 Å². The third kappa shape index (κ3) is 1.75. The molecular weight excluding hydrogens is 214 g/mol. The van der Waals surface area contributed by atoms with Crippen molar-refractivity contribution >= 4 is 24.0 Å². The number of nitrogens with zero attached hydrogens (tertiary/aromatic N) is 2. The number of hydrogen-bond donors (Lipinski definition) is 1. The van der Waals surface area contributed by atoms with Gasteiger partial charge in [-0.25, -0.2) is 0 Å². The Hall–Kier alpha value is -0.290. The predicted molar refractivity (Wildman–Crippen MR) is 62.2 cm³/mol. The molecule has 3 nitrogen and oxygen atoms in total. The minimum atomic E-state index is 0.400. The first-order valence-electron chi connectivity index (χ1n) is 4.98. The van der Waals surface area contributed by atoms with E-state index < -0.39 is 0 Å². The Morgan fingerprint density at radius 1 is 1.64 bits per heavy atom. The van der Waals surface area contributed by atoms with E-state index in [1.165, 1.54) is 18.6 Å². The van der Waals surface area contributed by atoms with Gasteiger partial charge in [-0.05, 0) is 44.7 Å². The fourth-order valence-electron chi connectivity index (χ4n) is 1.82. The highest BCUT2D eigenvalue weighted by atomic mass is 32.2. The summed E-state index contributed by atoms with van der Waals surface area (Å²) in [6.07, 6.45) is 2.53. The molecule has 1 saturated heterocycles. The zero-order valence-electron chi connectivity index (χ0n) is 8.49. The number of aromatic nitrogens is 3. The van der Waals surface area contributed by atoms with E-state index in [2.05, 4.69) is 28.6 Å². The topological polar surface area (TPSA) is 33.6 Å². The second kappa shape index (κ2) is 4.06. The second-order valence-electron chi connectivity index (χ2n) is 3.85. The number of thioether (sulfide) groups is 1. The smallest absolute Gasteiger partial charge is 0.195 e. The van der Waals surface area contributed by atoms with E-state index in [1.807, 2.05) is 11.8 Å². The van der Waals surface area contributed by atoms with Crippen LogP contribution in [0.2, 0.25) is 0 Å². The third-order valence-electron chi connectivity index (χ3n) is 2.47. The van der Waals surface area contributed by atoms with Crippen molar-refractivity contribution in [1.29, 1.82) is 0 Å². The molecule has 1 atom stereocenters. The van der Waals surface area contributed by atoms with Crippen LogP contribution in [0.3, 0.4) is 0 Å². The lowest BCUT2D eigenvalue weighted by Crippen LogP contribution is -2.08. The lowest BCUT2D eigenvalue weighted by molar-refractivity contribution is 0.554.